The second-order valence-electron chi connectivity index (χ2n) is 3.36. The Bertz CT molecular complexity index is 362. The molecule has 1 fully saturated rings. The average Bonchev–Trinajstić information content (AvgIpc) is 2.30. The molecule has 1 heterocycles. The summed E-state index contributed by atoms with van der Waals surface area (Å²) in [4.78, 5) is 12.6. The van der Waals surface area contributed by atoms with Crippen LogP contribution < -0.4 is 4.90 Å². The molecule has 0 amide bonds. The Morgan fingerprint density at radius 1 is 1.33 bits per heavy atom. The molecule has 0 radical (unpaired) electrons. The standard InChI is InChI=1S/C10H12N2O3/c13-8-1-2-9(11-14)10(7-8)12-3-5-15-6-4-12/h1-2,7,13H,3-6H2. The summed E-state index contributed by atoms with van der Waals surface area (Å²) in [6.45, 7) is 2.69. The van der Waals surface area contributed by atoms with Crippen LogP contribution >= 0.6 is 0 Å². The molecule has 0 unspecified atom stereocenters. The number of benzene rings is 1. The maximum Gasteiger partial charge on any atom is 0.131 e. The highest BCUT2D eigenvalue weighted by molar-refractivity contribution is 5.69. The van der Waals surface area contributed by atoms with Crippen LogP contribution in [0.15, 0.2) is 23.4 Å². The molecule has 15 heavy (non-hydrogen) atoms. The van der Waals surface area contributed by atoms with Gasteiger partial charge in [-0.15, -0.1) is 4.91 Å². The molecular formula is C10H12N2O3. The van der Waals surface area contributed by atoms with E-state index in [9.17, 15) is 10.0 Å². The number of ether oxygens (including phenoxy) is 1. The smallest absolute Gasteiger partial charge is 0.131 e. The molecule has 0 atom stereocenters. The van der Waals surface area contributed by atoms with Gasteiger partial charge in [-0.3, -0.25) is 0 Å². The Balaban J connectivity index is 2.31. The van der Waals surface area contributed by atoms with Gasteiger partial charge in [0.2, 0.25) is 0 Å². The van der Waals surface area contributed by atoms with Gasteiger partial charge in [-0.05, 0) is 17.3 Å². The largest absolute Gasteiger partial charge is 0.508 e. The van der Waals surface area contributed by atoms with Gasteiger partial charge in [-0.25, -0.2) is 0 Å². The van der Waals surface area contributed by atoms with Crippen molar-refractivity contribution in [2.75, 3.05) is 31.2 Å². The number of anilines is 1. The van der Waals surface area contributed by atoms with E-state index in [0.29, 0.717) is 37.7 Å². The third kappa shape index (κ3) is 2.07. The van der Waals surface area contributed by atoms with Crippen molar-refractivity contribution in [1.29, 1.82) is 0 Å². The Morgan fingerprint density at radius 2 is 2.07 bits per heavy atom. The van der Waals surface area contributed by atoms with E-state index in [-0.39, 0.29) is 5.75 Å². The molecule has 2 rings (SSSR count). The van der Waals surface area contributed by atoms with Gasteiger partial charge in [0.05, 0.1) is 18.9 Å². The molecular weight excluding hydrogens is 196 g/mol. The summed E-state index contributed by atoms with van der Waals surface area (Å²) in [6, 6.07) is 4.54. The van der Waals surface area contributed by atoms with Crippen LogP contribution in [-0.2, 0) is 4.74 Å². The highest BCUT2D eigenvalue weighted by Gasteiger charge is 2.15. The first kappa shape index (κ1) is 9.92. The maximum absolute atomic E-state index is 10.6. The summed E-state index contributed by atoms with van der Waals surface area (Å²) < 4.78 is 5.21. The fourth-order valence-electron chi connectivity index (χ4n) is 1.65. The van der Waals surface area contributed by atoms with Crippen molar-refractivity contribution in [3.63, 3.8) is 0 Å². The molecule has 1 aliphatic heterocycles. The molecule has 5 nitrogen and oxygen atoms in total. The fraction of sp³-hybridized carbons (Fsp3) is 0.400. The summed E-state index contributed by atoms with van der Waals surface area (Å²) in [7, 11) is 0. The van der Waals surface area contributed by atoms with Gasteiger partial charge >= 0.3 is 0 Å². The SMILES string of the molecule is O=Nc1ccc(O)cc1N1CCOCC1. The monoisotopic (exact) mass is 208 g/mol. The summed E-state index contributed by atoms with van der Waals surface area (Å²) in [5.74, 6) is 0.142. The molecule has 80 valence electrons. The van der Waals surface area contributed by atoms with Crippen molar-refractivity contribution >= 4 is 11.4 Å². The van der Waals surface area contributed by atoms with Crippen LogP contribution in [0.2, 0.25) is 0 Å². The van der Waals surface area contributed by atoms with Crippen LogP contribution in [0.1, 0.15) is 0 Å². The summed E-state index contributed by atoms with van der Waals surface area (Å²) in [5, 5.41) is 12.3. The van der Waals surface area contributed by atoms with E-state index in [2.05, 4.69) is 5.18 Å². The minimum atomic E-state index is 0.142. The number of hydrogen-bond acceptors (Lipinski definition) is 5. The first-order chi connectivity index (χ1) is 7.31. The van der Waals surface area contributed by atoms with Crippen LogP contribution in [0.25, 0.3) is 0 Å². The lowest BCUT2D eigenvalue weighted by molar-refractivity contribution is 0.122. The fourth-order valence-corrected chi connectivity index (χ4v) is 1.65. The summed E-state index contributed by atoms with van der Waals surface area (Å²) >= 11 is 0. The highest BCUT2D eigenvalue weighted by atomic mass is 16.5. The van der Waals surface area contributed by atoms with Crippen molar-refractivity contribution in [1.82, 2.24) is 0 Å². The van der Waals surface area contributed by atoms with E-state index in [4.69, 9.17) is 4.74 Å². The third-order valence-electron chi connectivity index (χ3n) is 2.41. The molecule has 0 spiro atoms. The van der Waals surface area contributed by atoms with Gasteiger partial charge in [0.1, 0.15) is 11.4 Å². The van der Waals surface area contributed by atoms with Crippen LogP contribution in [0, 0.1) is 4.91 Å². The van der Waals surface area contributed by atoms with Gasteiger partial charge in [0.15, 0.2) is 0 Å². The van der Waals surface area contributed by atoms with E-state index in [1.165, 1.54) is 12.1 Å². The van der Waals surface area contributed by atoms with E-state index >= 15 is 0 Å². The number of phenolic OH excluding ortho intramolecular Hbond substituents is 1. The summed E-state index contributed by atoms with van der Waals surface area (Å²) in [5.41, 5.74) is 1.03. The zero-order valence-corrected chi connectivity index (χ0v) is 8.22. The van der Waals surface area contributed by atoms with Crippen molar-refractivity contribution in [3.8, 4) is 5.75 Å². The normalized spacial score (nSPS) is 16.4. The molecule has 1 aliphatic rings. The average molecular weight is 208 g/mol. The number of aromatic hydroxyl groups is 1. The molecule has 0 saturated carbocycles. The Hall–Kier alpha value is -1.62. The number of morpholine rings is 1. The van der Waals surface area contributed by atoms with Crippen LogP contribution in [0.3, 0.4) is 0 Å². The first-order valence-corrected chi connectivity index (χ1v) is 4.80. The number of rotatable bonds is 2. The van der Waals surface area contributed by atoms with E-state index in [1.807, 2.05) is 4.90 Å². The molecule has 1 aromatic carbocycles. The van der Waals surface area contributed by atoms with Crippen LogP contribution in [0.5, 0.6) is 5.75 Å². The van der Waals surface area contributed by atoms with Gasteiger partial charge in [-0.1, -0.05) is 0 Å². The van der Waals surface area contributed by atoms with Crippen LogP contribution in [-0.4, -0.2) is 31.4 Å². The zero-order chi connectivity index (χ0) is 10.7. The predicted octanol–water partition coefficient (Wildman–Crippen LogP) is 1.63. The maximum atomic E-state index is 10.6. The number of hydrogen-bond donors (Lipinski definition) is 1. The van der Waals surface area contributed by atoms with Gasteiger partial charge in [0, 0.05) is 19.2 Å². The molecule has 5 heteroatoms. The van der Waals surface area contributed by atoms with Crippen molar-refractivity contribution in [2.24, 2.45) is 5.18 Å². The lowest BCUT2D eigenvalue weighted by atomic mass is 10.2. The van der Waals surface area contributed by atoms with E-state index in [0.717, 1.165) is 0 Å². The van der Waals surface area contributed by atoms with Gasteiger partial charge in [-0.2, -0.15) is 0 Å². The van der Waals surface area contributed by atoms with Crippen molar-refractivity contribution < 1.29 is 9.84 Å². The zero-order valence-electron chi connectivity index (χ0n) is 8.22. The van der Waals surface area contributed by atoms with Crippen molar-refractivity contribution in [2.45, 2.75) is 0 Å². The molecule has 0 bridgehead atoms. The third-order valence-corrected chi connectivity index (χ3v) is 2.41. The van der Waals surface area contributed by atoms with Gasteiger partial charge < -0.3 is 14.7 Å². The number of nitrogens with zero attached hydrogens (tertiary/aromatic N) is 2. The number of phenols is 1. The quantitative estimate of drug-likeness (QED) is 0.750. The molecule has 0 aromatic heterocycles. The molecule has 0 aliphatic carbocycles. The molecule has 1 saturated heterocycles. The topological polar surface area (TPSA) is 62.1 Å². The van der Waals surface area contributed by atoms with E-state index in [1.54, 1.807) is 6.07 Å². The number of nitroso groups, excluding NO2 is 1. The first-order valence-electron chi connectivity index (χ1n) is 4.80. The Morgan fingerprint density at radius 3 is 2.73 bits per heavy atom. The predicted molar refractivity (Wildman–Crippen MR) is 56.6 cm³/mol. The summed E-state index contributed by atoms with van der Waals surface area (Å²) in [6.07, 6.45) is 0. The van der Waals surface area contributed by atoms with Crippen LogP contribution in [0.4, 0.5) is 11.4 Å². The molecule has 1 N–H and O–H groups in total. The second kappa shape index (κ2) is 4.27. The minimum absolute atomic E-state index is 0.142. The second-order valence-corrected chi connectivity index (χ2v) is 3.36. The minimum Gasteiger partial charge on any atom is -0.508 e. The van der Waals surface area contributed by atoms with Crippen molar-refractivity contribution in [3.05, 3.63) is 23.1 Å². The van der Waals surface area contributed by atoms with Gasteiger partial charge in [0.25, 0.3) is 0 Å². The lowest BCUT2D eigenvalue weighted by Gasteiger charge is -2.29. The lowest BCUT2D eigenvalue weighted by Crippen LogP contribution is -2.36. The Labute approximate surface area is 87.2 Å². The highest BCUT2D eigenvalue weighted by Crippen LogP contribution is 2.32. The van der Waals surface area contributed by atoms with E-state index < -0.39 is 0 Å². The Kier molecular flexibility index (Phi) is 2.82. The molecule has 1 aromatic rings.